The molecule has 0 spiro atoms. The van der Waals surface area contributed by atoms with Gasteiger partial charge in [0.2, 0.25) is 5.91 Å². The first-order valence-electron chi connectivity index (χ1n) is 14.6. The number of likely N-dealkylation sites (tertiary alicyclic amines) is 3. The fraction of sp³-hybridized carbons (Fsp3) is 0.516. The molecule has 3 aliphatic rings. The minimum atomic E-state index is -0.386. The lowest BCUT2D eigenvalue weighted by molar-refractivity contribution is -0.130. The molecule has 2 aromatic carbocycles. The number of piperidine rings is 1. The molecule has 3 amide bonds. The number of amides is 3. The summed E-state index contributed by atoms with van der Waals surface area (Å²) in [5.41, 5.74) is 2.11. The molecule has 2 atom stereocenters. The lowest BCUT2D eigenvalue weighted by Crippen LogP contribution is -2.43. The zero-order valence-electron chi connectivity index (χ0n) is 24.0. The van der Waals surface area contributed by atoms with Crippen LogP contribution < -0.4 is 4.90 Å². The SMILES string of the molecule is CC(=O)N1CCC(OC(=O)N(CCCN2CC3CN(C(=O)c4cc(Cl)ccc4Cl)CC3C2)c2ccc(C)c(Cl)c2)CC1. The summed E-state index contributed by atoms with van der Waals surface area (Å²) in [6.07, 6.45) is 1.43. The largest absolute Gasteiger partial charge is 0.446 e. The van der Waals surface area contributed by atoms with Crippen LogP contribution in [0, 0.1) is 18.8 Å². The van der Waals surface area contributed by atoms with E-state index >= 15 is 0 Å². The van der Waals surface area contributed by atoms with Gasteiger partial charge < -0.3 is 19.4 Å². The molecule has 3 heterocycles. The second-order valence-corrected chi connectivity index (χ2v) is 12.9. The molecule has 0 aliphatic carbocycles. The Hall–Kier alpha value is -2.52. The van der Waals surface area contributed by atoms with Gasteiger partial charge in [-0.25, -0.2) is 4.79 Å². The van der Waals surface area contributed by atoms with E-state index in [2.05, 4.69) is 4.90 Å². The summed E-state index contributed by atoms with van der Waals surface area (Å²) >= 11 is 18.8. The molecular weight excluding hydrogens is 599 g/mol. The highest BCUT2D eigenvalue weighted by atomic mass is 35.5. The molecule has 2 aromatic rings. The normalized spacial score (nSPS) is 21.0. The summed E-state index contributed by atoms with van der Waals surface area (Å²) in [4.78, 5) is 45.9. The van der Waals surface area contributed by atoms with Gasteiger partial charge in [0.25, 0.3) is 5.91 Å². The molecule has 0 bridgehead atoms. The van der Waals surface area contributed by atoms with Crippen LogP contribution in [-0.4, -0.2) is 91.1 Å². The molecule has 226 valence electrons. The molecule has 11 heteroatoms. The molecule has 42 heavy (non-hydrogen) atoms. The van der Waals surface area contributed by atoms with Crippen LogP contribution in [0.4, 0.5) is 10.5 Å². The standard InChI is InChI=1S/C31H37Cl3N4O4/c1-20-4-6-25(15-29(20)34)38(31(41)42-26-8-12-36(13-9-26)21(2)39)11-3-10-35-16-22-18-37(19-23(22)17-35)30(40)27-14-24(32)5-7-28(27)33/h4-7,14-15,22-23,26H,3,8-13,16-19H2,1-2H3. The molecule has 0 radical (unpaired) electrons. The lowest BCUT2D eigenvalue weighted by atomic mass is 10.0. The molecule has 0 aromatic heterocycles. The van der Waals surface area contributed by atoms with Gasteiger partial charge in [-0.15, -0.1) is 0 Å². The zero-order valence-corrected chi connectivity index (χ0v) is 26.3. The van der Waals surface area contributed by atoms with Crippen LogP contribution in [0.25, 0.3) is 0 Å². The third-order valence-electron chi connectivity index (χ3n) is 8.71. The van der Waals surface area contributed by atoms with E-state index in [9.17, 15) is 14.4 Å². The number of fused-ring (bicyclic) bond motifs is 1. The Bertz CT molecular complexity index is 1320. The van der Waals surface area contributed by atoms with E-state index in [1.165, 1.54) is 0 Å². The molecular formula is C31H37Cl3N4O4. The number of anilines is 1. The summed E-state index contributed by atoms with van der Waals surface area (Å²) in [6.45, 7) is 9.23. The molecule has 3 saturated heterocycles. The van der Waals surface area contributed by atoms with Gasteiger partial charge in [0.15, 0.2) is 0 Å². The molecule has 0 saturated carbocycles. The monoisotopic (exact) mass is 634 g/mol. The van der Waals surface area contributed by atoms with Crippen molar-refractivity contribution in [3.63, 3.8) is 0 Å². The molecule has 0 N–H and O–H groups in total. The number of hydrogen-bond acceptors (Lipinski definition) is 5. The van der Waals surface area contributed by atoms with Crippen molar-refractivity contribution < 1.29 is 19.1 Å². The topological polar surface area (TPSA) is 73.4 Å². The third kappa shape index (κ3) is 7.16. The number of hydrogen-bond donors (Lipinski definition) is 0. The number of carbonyl (C=O) groups excluding carboxylic acids is 3. The molecule has 3 fully saturated rings. The van der Waals surface area contributed by atoms with E-state index in [1.807, 2.05) is 30.0 Å². The summed E-state index contributed by atoms with van der Waals surface area (Å²) in [5, 5.41) is 1.52. The number of benzene rings is 2. The maximum atomic E-state index is 13.4. The quantitative estimate of drug-likeness (QED) is 0.373. The van der Waals surface area contributed by atoms with Crippen molar-refractivity contribution >= 4 is 58.4 Å². The van der Waals surface area contributed by atoms with Gasteiger partial charge in [0.05, 0.1) is 10.6 Å². The molecule has 2 unspecified atom stereocenters. The lowest BCUT2D eigenvalue weighted by Gasteiger charge is -2.32. The maximum Gasteiger partial charge on any atom is 0.414 e. The number of halogens is 3. The molecule has 3 aliphatic heterocycles. The Labute approximate surface area is 262 Å². The van der Waals surface area contributed by atoms with Gasteiger partial charge in [-0.05, 0) is 67.6 Å². The first-order valence-corrected chi connectivity index (χ1v) is 15.7. The van der Waals surface area contributed by atoms with Crippen LogP contribution in [0.2, 0.25) is 15.1 Å². The predicted molar refractivity (Wildman–Crippen MR) is 166 cm³/mol. The van der Waals surface area contributed by atoms with Crippen molar-refractivity contribution in [2.45, 2.75) is 39.2 Å². The van der Waals surface area contributed by atoms with Gasteiger partial charge in [-0.3, -0.25) is 14.5 Å². The van der Waals surface area contributed by atoms with E-state index in [4.69, 9.17) is 39.5 Å². The highest BCUT2D eigenvalue weighted by molar-refractivity contribution is 6.35. The van der Waals surface area contributed by atoms with Crippen LogP contribution in [0.5, 0.6) is 0 Å². The minimum absolute atomic E-state index is 0.0477. The number of rotatable bonds is 7. The fourth-order valence-corrected chi connectivity index (χ4v) is 6.84. The van der Waals surface area contributed by atoms with Crippen LogP contribution in [0.15, 0.2) is 36.4 Å². The van der Waals surface area contributed by atoms with Crippen LogP contribution in [-0.2, 0) is 9.53 Å². The molecule has 8 nitrogen and oxygen atoms in total. The smallest absolute Gasteiger partial charge is 0.414 e. The van der Waals surface area contributed by atoms with E-state index in [1.54, 1.807) is 34.9 Å². The van der Waals surface area contributed by atoms with E-state index in [-0.39, 0.29) is 24.0 Å². The van der Waals surface area contributed by atoms with Gasteiger partial charge in [0.1, 0.15) is 6.10 Å². The average Bonchev–Trinajstić information content (AvgIpc) is 3.53. The van der Waals surface area contributed by atoms with Gasteiger partial charge >= 0.3 is 6.09 Å². The summed E-state index contributed by atoms with van der Waals surface area (Å²) in [7, 11) is 0. The highest BCUT2D eigenvalue weighted by Crippen LogP contribution is 2.33. The van der Waals surface area contributed by atoms with Gasteiger partial charge in [-0.2, -0.15) is 0 Å². The summed E-state index contributed by atoms with van der Waals surface area (Å²) in [5.74, 6) is 0.794. The predicted octanol–water partition coefficient (Wildman–Crippen LogP) is 6.00. The van der Waals surface area contributed by atoms with Crippen molar-refractivity contribution in [2.24, 2.45) is 11.8 Å². The van der Waals surface area contributed by atoms with Crippen molar-refractivity contribution in [3.8, 4) is 0 Å². The van der Waals surface area contributed by atoms with Crippen molar-refractivity contribution in [3.05, 3.63) is 62.6 Å². The fourth-order valence-electron chi connectivity index (χ4n) is 6.29. The minimum Gasteiger partial charge on any atom is -0.446 e. The Balaban J connectivity index is 1.15. The second-order valence-electron chi connectivity index (χ2n) is 11.6. The maximum absolute atomic E-state index is 13.4. The van der Waals surface area contributed by atoms with Crippen LogP contribution in [0.3, 0.4) is 0 Å². The Morgan fingerprint density at radius 1 is 0.905 bits per heavy atom. The van der Waals surface area contributed by atoms with Crippen molar-refractivity contribution in [1.82, 2.24) is 14.7 Å². The summed E-state index contributed by atoms with van der Waals surface area (Å²) in [6, 6.07) is 10.6. The number of carbonyl (C=O) groups is 3. The van der Waals surface area contributed by atoms with E-state index in [0.29, 0.717) is 83.7 Å². The van der Waals surface area contributed by atoms with Gasteiger partial charge in [-0.1, -0.05) is 40.9 Å². The second kappa shape index (κ2) is 13.4. The van der Waals surface area contributed by atoms with Crippen LogP contribution >= 0.6 is 34.8 Å². The van der Waals surface area contributed by atoms with E-state index in [0.717, 1.165) is 31.6 Å². The number of nitrogens with zero attached hydrogens (tertiary/aromatic N) is 4. The summed E-state index contributed by atoms with van der Waals surface area (Å²) < 4.78 is 5.91. The Kier molecular flexibility index (Phi) is 9.88. The molecule has 5 rings (SSSR count). The van der Waals surface area contributed by atoms with Crippen molar-refractivity contribution in [1.29, 1.82) is 0 Å². The van der Waals surface area contributed by atoms with Crippen molar-refractivity contribution in [2.75, 3.05) is 57.3 Å². The average molecular weight is 636 g/mol. The first kappa shape index (κ1) is 30.9. The van der Waals surface area contributed by atoms with E-state index < -0.39 is 0 Å². The first-order chi connectivity index (χ1) is 20.1. The van der Waals surface area contributed by atoms with Crippen LogP contribution in [0.1, 0.15) is 42.1 Å². The Morgan fingerprint density at radius 2 is 1.60 bits per heavy atom. The third-order valence-corrected chi connectivity index (χ3v) is 9.68. The highest BCUT2D eigenvalue weighted by Gasteiger charge is 2.41. The zero-order chi connectivity index (χ0) is 30.0. The van der Waals surface area contributed by atoms with Gasteiger partial charge in [0, 0.05) is 81.3 Å². The number of aryl methyl sites for hydroxylation is 1. The number of ether oxygens (including phenoxy) is 1. The Morgan fingerprint density at radius 3 is 2.24 bits per heavy atom.